The van der Waals surface area contributed by atoms with Crippen LogP contribution in [0.5, 0.6) is 0 Å². The van der Waals surface area contributed by atoms with Crippen LogP contribution in [-0.4, -0.2) is 27.6 Å². The lowest BCUT2D eigenvalue weighted by molar-refractivity contribution is -0.112. The molecule has 0 saturated heterocycles. The van der Waals surface area contributed by atoms with Gasteiger partial charge in [-0.05, 0) is 6.92 Å². The van der Waals surface area contributed by atoms with Crippen molar-refractivity contribution in [2.24, 2.45) is 10.9 Å². The lowest BCUT2D eigenvalue weighted by Crippen LogP contribution is -2.25. The summed E-state index contributed by atoms with van der Waals surface area (Å²) in [7, 11) is 0. The Balaban J connectivity index is 2.94. The summed E-state index contributed by atoms with van der Waals surface area (Å²) < 4.78 is 3.78. The lowest BCUT2D eigenvalue weighted by atomic mass is 10.3. The van der Waals surface area contributed by atoms with Gasteiger partial charge in [-0.2, -0.15) is 9.36 Å². The molecule has 0 aliphatic heterocycles. The number of aromatic nitrogens is 2. The standard InChI is InChI=1S/C6H9N5O2S/c1-2-13-10-3(4(7)12)5-9-6(8)14-11-5/h2H2,1H3,(H2,7,12)(H2,8,9,11)/b10-3+. The summed E-state index contributed by atoms with van der Waals surface area (Å²) in [5.41, 5.74) is 10.3. The van der Waals surface area contributed by atoms with Crippen LogP contribution in [0.1, 0.15) is 12.7 Å². The molecule has 0 aliphatic carbocycles. The second kappa shape index (κ2) is 4.51. The number of nitrogen functional groups attached to an aromatic ring is 1. The number of anilines is 1. The van der Waals surface area contributed by atoms with E-state index in [0.717, 1.165) is 11.5 Å². The first kappa shape index (κ1) is 10.4. The number of carbonyl (C=O) groups is 1. The van der Waals surface area contributed by atoms with Crippen molar-refractivity contribution >= 4 is 28.3 Å². The minimum Gasteiger partial charge on any atom is -0.395 e. The van der Waals surface area contributed by atoms with Crippen LogP contribution in [0, 0.1) is 0 Å². The highest BCUT2D eigenvalue weighted by molar-refractivity contribution is 7.09. The highest BCUT2D eigenvalue weighted by Crippen LogP contribution is 2.06. The fourth-order valence-corrected chi connectivity index (χ4v) is 1.09. The second-order valence-electron chi connectivity index (χ2n) is 2.18. The van der Waals surface area contributed by atoms with Gasteiger partial charge >= 0.3 is 0 Å². The van der Waals surface area contributed by atoms with E-state index in [1.54, 1.807) is 6.92 Å². The van der Waals surface area contributed by atoms with Crippen molar-refractivity contribution in [3.05, 3.63) is 5.82 Å². The summed E-state index contributed by atoms with van der Waals surface area (Å²) in [6.07, 6.45) is 0. The molecule has 76 valence electrons. The molecule has 0 atom stereocenters. The van der Waals surface area contributed by atoms with E-state index in [9.17, 15) is 4.79 Å². The Bertz CT molecular complexity index is 361. The van der Waals surface area contributed by atoms with Crippen LogP contribution in [0.4, 0.5) is 5.13 Å². The van der Waals surface area contributed by atoms with Gasteiger partial charge in [0.1, 0.15) is 6.61 Å². The molecule has 0 spiro atoms. The number of rotatable bonds is 4. The first-order valence-electron chi connectivity index (χ1n) is 3.74. The highest BCUT2D eigenvalue weighted by atomic mass is 32.1. The van der Waals surface area contributed by atoms with E-state index in [4.69, 9.17) is 16.3 Å². The van der Waals surface area contributed by atoms with Gasteiger partial charge in [-0.1, -0.05) is 5.16 Å². The third kappa shape index (κ3) is 2.39. The third-order valence-corrected chi connectivity index (χ3v) is 1.71. The number of oxime groups is 1. The van der Waals surface area contributed by atoms with Crippen LogP contribution in [0.3, 0.4) is 0 Å². The summed E-state index contributed by atoms with van der Waals surface area (Å²) >= 11 is 0.956. The van der Waals surface area contributed by atoms with Gasteiger partial charge < -0.3 is 16.3 Å². The maximum atomic E-state index is 10.9. The molecule has 8 heteroatoms. The maximum Gasteiger partial charge on any atom is 0.274 e. The molecule has 4 N–H and O–H groups in total. The number of primary amides is 1. The Hall–Kier alpha value is -1.70. The molecule has 0 fully saturated rings. The van der Waals surface area contributed by atoms with Gasteiger partial charge in [0.15, 0.2) is 5.13 Å². The number of nitrogens with zero attached hydrogens (tertiary/aromatic N) is 3. The van der Waals surface area contributed by atoms with E-state index in [2.05, 4.69) is 14.5 Å². The average Bonchev–Trinajstić information content (AvgIpc) is 2.52. The van der Waals surface area contributed by atoms with Crippen LogP contribution in [0.25, 0.3) is 0 Å². The van der Waals surface area contributed by atoms with Crippen molar-refractivity contribution in [1.82, 2.24) is 9.36 Å². The van der Waals surface area contributed by atoms with E-state index in [1.165, 1.54) is 0 Å². The first-order chi connectivity index (χ1) is 6.65. The van der Waals surface area contributed by atoms with Gasteiger partial charge in [0.05, 0.1) is 0 Å². The zero-order valence-corrected chi connectivity index (χ0v) is 8.24. The Morgan fingerprint density at radius 2 is 2.43 bits per heavy atom. The molecule has 1 aromatic rings. The minimum atomic E-state index is -0.753. The van der Waals surface area contributed by atoms with Crippen LogP contribution >= 0.6 is 11.5 Å². The Labute approximate surface area is 83.9 Å². The van der Waals surface area contributed by atoms with E-state index < -0.39 is 5.91 Å². The van der Waals surface area contributed by atoms with Crippen LogP contribution < -0.4 is 11.5 Å². The molecular weight excluding hydrogens is 206 g/mol. The summed E-state index contributed by atoms with van der Waals surface area (Å²) in [4.78, 5) is 19.4. The number of hydrogen-bond donors (Lipinski definition) is 2. The van der Waals surface area contributed by atoms with Crippen LogP contribution in [0.2, 0.25) is 0 Å². The molecule has 0 aliphatic rings. The number of hydrogen-bond acceptors (Lipinski definition) is 7. The quantitative estimate of drug-likeness (QED) is 0.511. The molecule has 0 saturated carbocycles. The van der Waals surface area contributed by atoms with Gasteiger partial charge in [-0.25, -0.2) is 0 Å². The van der Waals surface area contributed by atoms with E-state index in [1.807, 2.05) is 0 Å². The summed E-state index contributed by atoms with van der Waals surface area (Å²) in [6.45, 7) is 2.06. The molecule has 0 radical (unpaired) electrons. The average molecular weight is 215 g/mol. The van der Waals surface area contributed by atoms with Gasteiger partial charge in [-0.15, -0.1) is 0 Å². The highest BCUT2D eigenvalue weighted by Gasteiger charge is 2.16. The molecule has 0 unspecified atom stereocenters. The van der Waals surface area contributed by atoms with Gasteiger partial charge in [0.25, 0.3) is 5.91 Å². The van der Waals surface area contributed by atoms with E-state index in [0.29, 0.717) is 6.61 Å². The molecule has 7 nitrogen and oxygen atoms in total. The molecule has 1 heterocycles. The zero-order valence-electron chi connectivity index (χ0n) is 7.43. The molecule has 1 amide bonds. The first-order valence-corrected chi connectivity index (χ1v) is 4.51. The normalized spacial score (nSPS) is 11.4. The fraction of sp³-hybridized carbons (Fsp3) is 0.333. The molecule has 0 bridgehead atoms. The maximum absolute atomic E-state index is 10.9. The Morgan fingerprint density at radius 3 is 2.86 bits per heavy atom. The predicted molar refractivity (Wildman–Crippen MR) is 51.7 cm³/mol. The summed E-state index contributed by atoms with van der Waals surface area (Å²) in [5.74, 6) is -0.662. The SMILES string of the molecule is CCO/N=C(\C(N)=O)c1nsc(N)n1. The number of amides is 1. The summed E-state index contributed by atoms with van der Waals surface area (Å²) in [6, 6.07) is 0. The van der Waals surface area contributed by atoms with E-state index >= 15 is 0 Å². The second-order valence-corrected chi connectivity index (χ2v) is 2.96. The molecule has 0 aromatic carbocycles. The Kier molecular flexibility index (Phi) is 3.35. The van der Waals surface area contributed by atoms with Crippen molar-refractivity contribution in [3.8, 4) is 0 Å². The molecule has 1 rings (SSSR count). The van der Waals surface area contributed by atoms with Crippen molar-refractivity contribution < 1.29 is 9.63 Å². The topological polar surface area (TPSA) is 116 Å². The number of carbonyl (C=O) groups excluding carboxylic acids is 1. The largest absolute Gasteiger partial charge is 0.395 e. The monoisotopic (exact) mass is 215 g/mol. The fourth-order valence-electron chi connectivity index (χ4n) is 0.656. The van der Waals surface area contributed by atoms with Crippen molar-refractivity contribution in [2.75, 3.05) is 12.3 Å². The third-order valence-electron chi connectivity index (χ3n) is 1.17. The van der Waals surface area contributed by atoms with Crippen molar-refractivity contribution in [3.63, 3.8) is 0 Å². The molecule has 1 aromatic heterocycles. The predicted octanol–water partition coefficient (Wildman–Crippen LogP) is -0.654. The van der Waals surface area contributed by atoms with Crippen LogP contribution in [0.15, 0.2) is 5.16 Å². The minimum absolute atomic E-state index is 0.0912. The van der Waals surface area contributed by atoms with Gasteiger partial charge in [0.2, 0.25) is 11.5 Å². The molecular formula is C6H9N5O2S. The van der Waals surface area contributed by atoms with Crippen molar-refractivity contribution in [1.29, 1.82) is 0 Å². The Morgan fingerprint density at radius 1 is 1.71 bits per heavy atom. The number of nitrogens with two attached hydrogens (primary N) is 2. The molecule has 14 heavy (non-hydrogen) atoms. The smallest absolute Gasteiger partial charge is 0.274 e. The summed E-state index contributed by atoms with van der Waals surface area (Å²) in [5, 5.41) is 3.73. The van der Waals surface area contributed by atoms with E-state index in [-0.39, 0.29) is 16.7 Å². The van der Waals surface area contributed by atoms with Crippen molar-refractivity contribution in [2.45, 2.75) is 6.92 Å². The van der Waals surface area contributed by atoms with Gasteiger partial charge in [-0.3, -0.25) is 4.79 Å². The lowest BCUT2D eigenvalue weighted by Gasteiger charge is -1.96. The van der Waals surface area contributed by atoms with Gasteiger partial charge in [0, 0.05) is 11.5 Å². The zero-order chi connectivity index (χ0) is 10.6. The van der Waals surface area contributed by atoms with Crippen LogP contribution in [-0.2, 0) is 9.63 Å².